The molecule has 0 radical (unpaired) electrons. The van der Waals surface area contributed by atoms with Gasteiger partial charge in [0.1, 0.15) is 0 Å². The first-order valence-corrected chi connectivity index (χ1v) is 6.63. The number of halogens is 1. The molecule has 3 atom stereocenters. The van der Waals surface area contributed by atoms with E-state index >= 15 is 0 Å². The third-order valence-electron chi connectivity index (χ3n) is 4.11. The maximum absolute atomic E-state index is 14.0. The highest BCUT2D eigenvalue weighted by Gasteiger charge is 2.30. The largest absolute Gasteiger partial charge is 0.494 e. The van der Waals surface area contributed by atoms with E-state index in [0.29, 0.717) is 23.8 Å². The van der Waals surface area contributed by atoms with E-state index in [4.69, 9.17) is 4.74 Å². The number of aliphatic hydroxyl groups is 1. The van der Waals surface area contributed by atoms with Crippen molar-refractivity contribution in [3.63, 3.8) is 0 Å². The van der Waals surface area contributed by atoms with Crippen molar-refractivity contribution in [2.24, 2.45) is 11.8 Å². The Hall–Kier alpha value is -1.09. The Bertz CT molecular complexity index is 405. The summed E-state index contributed by atoms with van der Waals surface area (Å²) in [5.41, 5.74) is 0.543. The van der Waals surface area contributed by atoms with Crippen molar-refractivity contribution in [3.05, 3.63) is 29.6 Å². The molecule has 0 saturated heterocycles. The molecule has 2 nitrogen and oxygen atoms in total. The van der Waals surface area contributed by atoms with Crippen molar-refractivity contribution in [1.29, 1.82) is 0 Å². The molecule has 1 aliphatic rings. The van der Waals surface area contributed by atoms with Gasteiger partial charge in [-0.25, -0.2) is 4.39 Å². The first-order chi connectivity index (χ1) is 8.63. The molecule has 0 heterocycles. The number of rotatable bonds is 4. The molecule has 18 heavy (non-hydrogen) atoms. The predicted molar refractivity (Wildman–Crippen MR) is 69.2 cm³/mol. The molecule has 1 aromatic rings. The van der Waals surface area contributed by atoms with Gasteiger partial charge in [0, 0.05) is 6.42 Å². The Balaban J connectivity index is 2.09. The summed E-state index contributed by atoms with van der Waals surface area (Å²) >= 11 is 0. The highest BCUT2D eigenvalue weighted by atomic mass is 19.1. The molecule has 3 unspecified atom stereocenters. The summed E-state index contributed by atoms with van der Waals surface area (Å²) in [6.07, 6.45) is 3.31. The van der Waals surface area contributed by atoms with Crippen molar-refractivity contribution in [2.45, 2.75) is 38.7 Å². The van der Waals surface area contributed by atoms with E-state index in [1.54, 1.807) is 18.2 Å². The molecule has 1 aliphatic carbocycles. The molecule has 0 spiro atoms. The molecule has 3 heteroatoms. The average molecular weight is 252 g/mol. The zero-order valence-electron chi connectivity index (χ0n) is 11.0. The zero-order chi connectivity index (χ0) is 13.1. The van der Waals surface area contributed by atoms with Gasteiger partial charge in [-0.1, -0.05) is 31.9 Å². The summed E-state index contributed by atoms with van der Waals surface area (Å²) in [5.74, 6) is 0.744. The highest BCUT2D eigenvalue weighted by Crippen LogP contribution is 2.35. The second kappa shape index (κ2) is 5.70. The molecule has 2 rings (SSSR count). The Kier molecular flexibility index (Phi) is 4.23. The SMILES string of the molecule is COc1cccc(CC(O)C2CCCC2C)c1F. The van der Waals surface area contributed by atoms with Crippen LogP contribution in [0.25, 0.3) is 0 Å². The third kappa shape index (κ3) is 2.66. The second-order valence-corrected chi connectivity index (χ2v) is 5.28. The average Bonchev–Trinajstić information content (AvgIpc) is 2.78. The molecule has 1 fully saturated rings. The Morgan fingerprint density at radius 2 is 2.22 bits per heavy atom. The molecule has 0 bridgehead atoms. The fourth-order valence-electron chi connectivity index (χ4n) is 2.99. The quantitative estimate of drug-likeness (QED) is 0.891. The second-order valence-electron chi connectivity index (χ2n) is 5.28. The minimum absolute atomic E-state index is 0.249. The van der Waals surface area contributed by atoms with Crippen molar-refractivity contribution < 1.29 is 14.2 Å². The van der Waals surface area contributed by atoms with Crippen LogP contribution in [0.5, 0.6) is 5.75 Å². The van der Waals surface area contributed by atoms with E-state index in [1.807, 2.05) is 0 Å². The lowest BCUT2D eigenvalue weighted by atomic mass is 9.88. The standard InChI is InChI=1S/C15H21FO2/c1-10-5-3-7-12(10)13(17)9-11-6-4-8-14(18-2)15(11)16/h4,6,8,10,12-13,17H,3,5,7,9H2,1-2H3. The monoisotopic (exact) mass is 252 g/mol. The number of aliphatic hydroxyl groups excluding tert-OH is 1. The summed E-state index contributed by atoms with van der Waals surface area (Å²) in [6, 6.07) is 5.09. The number of hydrogen-bond donors (Lipinski definition) is 1. The molecule has 0 aliphatic heterocycles. The molecular weight excluding hydrogens is 231 g/mol. The topological polar surface area (TPSA) is 29.5 Å². The van der Waals surface area contributed by atoms with E-state index in [-0.39, 0.29) is 11.6 Å². The van der Waals surface area contributed by atoms with Crippen molar-refractivity contribution in [2.75, 3.05) is 7.11 Å². The Labute approximate surface area is 108 Å². The summed E-state index contributed by atoms with van der Waals surface area (Å²) in [4.78, 5) is 0. The van der Waals surface area contributed by atoms with Gasteiger partial charge in [0.2, 0.25) is 0 Å². The lowest BCUT2D eigenvalue weighted by molar-refractivity contribution is 0.0892. The van der Waals surface area contributed by atoms with Gasteiger partial charge >= 0.3 is 0 Å². The number of benzene rings is 1. The summed E-state index contributed by atoms with van der Waals surface area (Å²) in [6.45, 7) is 2.17. The normalized spacial score (nSPS) is 25.1. The van der Waals surface area contributed by atoms with Crippen molar-refractivity contribution in [1.82, 2.24) is 0 Å². The van der Waals surface area contributed by atoms with E-state index in [2.05, 4.69) is 6.92 Å². The molecule has 1 aromatic carbocycles. The Morgan fingerprint density at radius 3 is 2.83 bits per heavy atom. The third-order valence-corrected chi connectivity index (χ3v) is 4.11. The van der Waals surface area contributed by atoms with E-state index in [9.17, 15) is 9.50 Å². The van der Waals surface area contributed by atoms with Crippen LogP contribution < -0.4 is 4.74 Å². The summed E-state index contributed by atoms with van der Waals surface area (Å²) in [5, 5.41) is 10.3. The van der Waals surface area contributed by atoms with E-state index in [0.717, 1.165) is 6.42 Å². The van der Waals surface area contributed by atoms with E-state index < -0.39 is 6.10 Å². The van der Waals surface area contributed by atoms with Crippen LogP contribution in [-0.4, -0.2) is 18.3 Å². The van der Waals surface area contributed by atoms with Gasteiger partial charge < -0.3 is 9.84 Å². The zero-order valence-corrected chi connectivity index (χ0v) is 11.0. The van der Waals surface area contributed by atoms with E-state index in [1.165, 1.54) is 20.0 Å². The fraction of sp³-hybridized carbons (Fsp3) is 0.600. The Morgan fingerprint density at radius 1 is 1.44 bits per heavy atom. The minimum atomic E-state index is -0.455. The first-order valence-electron chi connectivity index (χ1n) is 6.63. The number of hydrogen-bond acceptors (Lipinski definition) is 2. The van der Waals surface area contributed by atoms with Crippen LogP contribution in [0.4, 0.5) is 4.39 Å². The van der Waals surface area contributed by atoms with Gasteiger partial charge in [-0.15, -0.1) is 0 Å². The first kappa shape index (κ1) is 13.3. The van der Waals surface area contributed by atoms with Crippen LogP contribution in [-0.2, 0) is 6.42 Å². The maximum Gasteiger partial charge on any atom is 0.168 e. The van der Waals surface area contributed by atoms with Crippen molar-refractivity contribution >= 4 is 0 Å². The summed E-state index contributed by atoms with van der Waals surface area (Å²) in [7, 11) is 1.46. The van der Waals surface area contributed by atoms with Crippen LogP contribution >= 0.6 is 0 Å². The maximum atomic E-state index is 14.0. The molecule has 0 amide bonds. The molecule has 1 saturated carbocycles. The van der Waals surface area contributed by atoms with Crippen LogP contribution in [0, 0.1) is 17.7 Å². The van der Waals surface area contributed by atoms with Crippen LogP contribution in [0.1, 0.15) is 31.7 Å². The highest BCUT2D eigenvalue weighted by molar-refractivity contribution is 5.31. The van der Waals surface area contributed by atoms with Gasteiger partial charge in [-0.3, -0.25) is 0 Å². The smallest absolute Gasteiger partial charge is 0.168 e. The van der Waals surface area contributed by atoms with Gasteiger partial charge in [0.05, 0.1) is 13.2 Å². The van der Waals surface area contributed by atoms with Gasteiger partial charge in [-0.2, -0.15) is 0 Å². The molecule has 1 N–H and O–H groups in total. The van der Waals surface area contributed by atoms with Gasteiger partial charge in [0.25, 0.3) is 0 Å². The lowest BCUT2D eigenvalue weighted by Gasteiger charge is -2.22. The lowest BCUT2D eigenvalue weighted by Crippen LogP contribution is -2.25. The number of ether oxygens (including phenoxy) is 1. The predicted octanol–water partition coefficient (Wildman–Crippen LogP) is 3.17. The van der Waals surface area contributed by atoms with Crippen molar-refractivity contribution in [3.8, 4) is 5.75 Å². The van der Waals surface area contributed by atoms with Gasteiger partial charge in [-0.05, 0) is 29.9 Å². The molecular formula is C15H21FO2. The summed E-state index contributed by atoms with van der Waals surface area (Å²) < 4.78 is 18.9. The fourth-order valence-corrected chi connectivity index (χ4v) is 2.99. The van der Waals surface area contributed by atoms with Crippen LogP contribution in [0.2, 0.25) is 0 Å². The number of methoxy groups -OCH3 is 1. The van der Waals surface area contributed by atoms with Crippen LogP contribution in [0.15, 0.2) is 18.2 Å². The minimum Gasteiger partial charge on any atom is -0.494 e. The van der Waals surface area contributed by atoms with Gasteiger partial charge in [0.15, 0.2) is 11.6 Å². The molecule has 100 valence electrons. The van der Waals surface area contributed by atoms with Crippen LogP contribution in [0.3, 0.4) is 0 Å². The molecule has 0 aromatic heterocycles.